The van der Waals surface area contributed by atoms with E-state index in [9.17, 15) is 63.6 Å². The van der Waals surface area contributed by atoms with Crippen molar-refractivity contribution in [3.63, 3.8) is 0 Å². The molecule has 0 amide bonds. The fourth-order valence-corrected chi connectivity index (χ4v) is 14.4. The Hall–Kier alpha value is -4.14. The summed E-state index contributed by atoms with van der Waals surface area (Å²) in [5, 5.41) is 54.7. The summed E-state index contributed by atoms with van der Waals surface area (Å²) in [7, 11) is -15.3. The minimum absolute atomic E-state index is 0.0192. The predicted octanol–water partition coefficient (Wildman–Crippen LogP) is -5.44. The number of nitrogens with zero attached hydrogens (tertiary/aromatic N) is 11. The second-order valence-electron chi connectivity index (χ2n) is 16.5. The molecule has 3 aromatic heterocycles. The largest absolute Gasteiger partial charge is 0.479 e. The molecule has 73 heavy (non-hydrogen) atoms. The van der Waals surface area contributed by atoms with Gasteiger partial charge in [-0.05, 0) is 11.8 Å². The van der Waals surface area contributed by atoms with E-state index in [1.165, 1.54) is 34.4 Å². The minimum atomic E-state index is -5.76. The number of hydrogen-bond acceptors (Lipinski definition) is 32. The zero-order valence-corrected chi connectivity index (χ0v) is 41.3. The average molecular weight is 1140 g/mol. The zero-order valence-electron chi connectivity index (χ0n) is 36.9. The number of aromatic nitrogens is 6. The molecule has 42 heteroatoms. The first-order valence-corrected chi connectivity index (χ1v) is 28.0. The number of hydrogen-bond donors (Lipinski definition) is 13. The van der Waals surface area contributed by atoms with Gasteiger partial charge in [0.25, 0.3) is 5.56 Å². The Bertz CT molecular complexity index is 2960. The van der Waals surface area contributed by atoms with Crippen molar-refractivity contribution in [2.45, 2.75) is 85.8 Å². The Morgan fingerprint density at radius 1 is 0.795 bits per heavy atom. The molecule has 6 aliphatic rings. The van der Waals surface area contributed by atoms with E-state index in [4.69, 9.17) is 49.5 Å². The number of aliphatic hydroxyl groups excluding tert-OH is 5. The number of phosphoric acid groups is 3. The highest BCUT2D eigenvalue weighted by atomic mass is 32.5. The maximum atomic E-state index is 13.5. The van der Waals surface area contributed by atoms with Crippen LogP contribution >= 0.6 is 30.2 Å². The van der Waals surface area contributed by atoms with Gasteiger partial charge in [0.2, 0.25) is 5.95 Å². The monoisotopic (exact) mass is 1140 g/mol. The Balaban J connectivity index is 0.832. The number of aliphatic hydroxyl groups is 5. The number of phosphoric ester groups is 3. The molecule has 0 aliphatic carbocycles. The van der Waals surface area contributed by atoms with E-state index in [2.05, 4.69) is 60.3 Å². The van der Waals surface area contributed by atoms with Crippen LogP contribution in [0.2, 0.25) is 0 Å². The Labute approximate surface area is 412 Å². The van der Waals surface area contributed by atoms with Gasteiger partial charge in [-0.25, -0.2) is 47.3 Å². The van der Waals surface area contributed by atoms with Crippen molar-refractivity contribution < 1.29 is 99.7 Å². The number of amidine groups is 1. The molecule has 0 bridgehead atoms. The molecule has 0 spiro atoms. The number of ether oxygens (including phenoxy) is 3. The lowest BCUT2D eigenvalue weighted by Gasteiger charge is -2.31. The minimum Gasteiger partial charge on any atom is -0.387 e. The molecule has 0 aromatic carbocycles. The highest BCUT2D eigenvalue weighted by Gasteiger charge is 2.54. The summed E-state index contributed by atoms with van der Waals surface area (Å²) in [5.74, 6) is -0.267. The second kappa shape index (κ2) is 20.1. The standard InChI is InChI=1S/C31H45N15O22P4S/c1-43-9-46(26-15(43)27(52)42-31(34)41-26)29-19(50)17(48)11(64-29)3-61-70(55,56)67-72(59,73)68-71(57,58)62-4-12-21(20(51)30(65-12)45-8-40-14-23(33)36-6-38-25(14)45)66-69(53,54)60-2-10-16(47)18(49)28(63-10)44-7-39-13-22(32)35-5-37-24(13)44/h5-8,10-13,16-21,24,28-30,47-51H,2-4,9H2,1H3,(H,53,54)(H,55,56)(H,57,58)(H,59,73)(H2,32,35,37)(H2,33,36,38)(H3,34,41,42,52)/t10-,11-,12-,13+,16-,17-,18-,19-,20-,21-,24-,28-,29-,30-,72?/m1/s1. The van der Waals surface area contributed by atoms with Gasteiger partial charge in [0.05, 0.1) is 39.2 Å². The maximum absolute atomic E-state index is 13.5. The van der Waals surface area contributed by atoms with Crippen molar-refractivity contribution in [3.05, 3.63) is 23.0 Å². The Kier molecular flexibility index (Phi) is 14.8. The highest BCUT2D eigenvalue weighted by molar-refractivity contribution is 8.09. The number of rotatable bonds is 18. The molecular weight excluding hydrogens is 1090 g/mol. The van der Waals surface area contributed by atoms with Crippen LogP contribution in [0.15, 0.2) is 32.4 Å². The van der Waals surface area contributed by atoms with Gasteiger partial charge in [-0.1, -0.05) is 0 Å². The summed E-state index contributed by atoms with van der Waals surface area (Å²) in [6.07, 6.45) is -16.6. The summed E-state index contributed by atoms with van der Waals surface area (Å²) in [6, 6.07) is -0.723. The summed E-state index contributed by atoms with van der Waals surface area (Å²) in [5.41, 5.74) is 16.9. The lowest BCUT2D eigenvalue weighted by Crippen LogP contribution is -2.51. The van der Waals surface area contributed by atoms with Gasteiger partial charge >= 0.3 is 30.2 Å². The summed E-state index contributed by atoms with van der Waals surface area (Å²) < 4.78 is 87.3. The van der Waals surface area contributed by atoms with Gasteiger partial charge < -0.3 is 91.2 Å². The van der Waals surface area contributed by atoms with E-state index in [1.807, 2.05) is 0 Å². The van der Waals surface area contributed by atoms with Crippen molar-refractivity contribution in [2.24, 2.45) is 20.7 Å². The van der Waals surface area contributed by atoms with Crippen molar-refractivity contribution in [3.8, 4) is 0 Å². The molecule has 6 aliphatic heterocycles. The number of aliphatic imine (C=N–C) groups is 3. The van der Waals surface area contributed by atoms with E-state index < -0.39 is 141 Å². The van der Waals surface area contributed by atoms with E-state index in [-0.39, 0.29) is 46.9 Å². The molecule has 402 valence electrons. The van der Waals surface area contributed by atoms with Gasteiger partial charge in [-0.15, -0.1) is 0 Å². The Morgan fingerprint density at radius 2 is 1.40 bits per heavy atom. The van der Waals surface area contributed by atoms with Crippen molar-refractivity contribution in [1.29, 1.82) is 0 Å². The van der Waals surface area contributed by atoms with Gasteiger partial charge in [0.15, 0.2) is 42.1 Å². The normalized spacial score (nSPS) is 35.2. The molecule has 0 saturated carbocycles. The van der Waals surface area contributed by atoms with Crippen LogP contribution in [0.5, 0.6) is 0 Å². The van der Waals surface area contributed by atoms with E-state index >= 15 is 0 Å². The molecule has 9 heterocycles. The zero-order chi connectivity index (χ0) is 52.7. The predicted molar refractivity (Wildman–Crippen MR) is 245 cm³/mol. The average Bonchev–Trinajstić information content (AvgIpc) is 4.15. The van der Waals surface area contributed by atoms with Crippen LogP contribution < -0.4 is 32.6 Å². The van der Waals surface area contributed by atoms with E-state index in [1.54, 1.807) is 0 Å². The van der Waals surface area contributed by atoms with Crippen LogP contribution in [-0.4, -0.2) is 211 Å². The second-order valence-corrected chi connectivity index (χ2v) is 24.0. The fourth-order valence-electron chi connectivity index (χ4n) is 8.41. The third-order valence-corrected chi connectivity index (χ3v) is 18.1. The van der Waals surface area contributed by atoms with Crippen LogP contribution in [0.1, 0.15) is 6.23 Å². The van der Waals surface area contributed by atoms with Crippen molar-refractivity contribution in [1.82, 2.24) is 34.4 Å². The molecule has 4 unspecified atom stereocenters. The Morgan fingerprint density at radius 3 is 2.07 bits per heavy atom. The van der Waals surface area contributed by atoms with E-state index in [0.29, 0.717) is 0 Å². The molecule has 3 fully saturated rings. The number of H-pyrrole nitrogens is 1. The number of nitrogen functional groups attached to an aromatic ring is 2. The highest BCUT2D eigenvalue weighted by Crippen LogP contribution is 2.68. The number of fused-ring (bicyclic) bond motifs is 3. The van der Waals surface area contributed by atoms with Crippen LogP contribution in [0.4, 0.5) is 23.3 Å². The first-order valence-electron chi connectivity index (χ1n) is 20.9. The smallest absolute Gasteiger partial charge is 0.387 e. The molecule has 0 radical (unpaired) electrons. The van der Waals surface area contributed by atoms with Crippen LogP contribution in [0, 0.1) is 0 Å². The molecule has 18 atom stereocenters. The topological polar surface area (TPSA) is 531 Å². The summed E-state index contributed by atoms with van der Waals surface area (Å²) in [4.78, 5) is 89.8. The van der Waals surface area contributed by atoms with Gasteiger partial charge in [0, 0.05) is 7.05 Å². The number of imidazole rings is 1. The fraction of sp³-hybridized carbons (Fsp3) is 0.613. The number of aromatic amines is 1. The van der Waals surface area contributed by atoms with E-state index in [0.717, 1.165) is 17.2 Å². The van der Waals surface area contributed by atoms with Crippen LogP contribution in [0.3, 0.4) is 0 Å². The quantitative estimate of drug-likeness (QED) is 0.0529. The number of nitrogens with one attached hydrogen (secondary N) is 1. The van der Waals surface area contributed by atoms with Crippen molar-refractivity contribution >= 4 is 94.9 Å². The third-order valence-electron chi connectivity index (χ3n) is 11.7. The van der Waals surface area contributed by atoms with Gasteiger partial charge in [-0.2, -0.15) is 4.98 Å². The first-order chi connectivity index (χ1) is 34.2. The van der Waals surface area contributed by atoms with Gasteiger partial charge in [-0.3, -0.25) is 37.4 Å². The van der Waals surface area contributed by atoms with Gasteiger partial charge in [0.1, 0.15) is 90.7 Å². The molecule has 3 saturated heterocycles. The summed E-state index contributed by atoms with van der Waals surface area (Å²) >= 11 is 4.68. The molecule has 9 rings (SSSR count). The molecule has 37 nitrogen and oxygen atoms in total. The lowest BCUT2D eigenvalue weighted by molar-refractivity contribution is -0.0797. The summed E-state index contributed by atoms with van der Waals surface area (Å²) in [6.45, 7) is -8.67. The van der Waals surface area contributed by atoms with Crippen molar-refractivity contribution in [2.75, 3.05) is 54.8 Å². The molecule has 16 N–H and O–H groups in total. The van der Waals surface area contributed by atoms with Crippen LogP contribution in [-0.2, 0) is 66.4 Å². The SMILES string of the molecule is CN1CN([C@@H]2O[C@H](COP(=O)(O)OP(O)(=S)OP(=O)(O)OC[C@H]3O[C@@H](n4cnc5c(N)ncnc54)[C@H](O)[C@@H]3OP(=O)(O)OC[C@H]3O[C@@H](N4C=N[C@H]5C(N)=NC=N[C@@H]54)[C@H](O)[C@@H]3O)[C@@H](O)[C@H]2O)c2nc(N)[nH]c(=O)c21. The number of anilines is 4. The first kappa shape index (κ1) is 53.7. The third kappa shape index (κ3) is 10.8. The lowest BCUT2D eigenvalue weighted by atomic mass is 10.1. The number of nitrogens with two attached hydrogens (primary N) is 3. The maximum Gasteiger partial charge on any atom is 0.479 e. The van der Waals surface area contributed by atoms with Crippen LogP contribution in [0.25, 0.3) is 11.2 Å². The molecule has 3 aromatic rings. The molecular formula is C31H45N15O22P4S.